The van der Waals surface area contributed by atoms with Crippen molar-refractivity contribution in [2.45, 2.75) is 45.6 Å². The molecule has 23 heavy (non-hydrogen) atoms. The SMILES string of the molecule is C[C@H]1CCC[C@]2(C)C[C@H]3OC(=O)C(CN4CCSCC4)[C@H]3C=C12. The molecule has 1 saturated carbocycles. The van der Waals surface area contributed by atoms with Crippen LogP contribution >= 0.6 is 11.8 Å². The van der Waals surface area contributed by atoms with Crippen LogP contribution in [0.15, 0.2) is 11.6 Å². The maximum atomic E-state index is 12.5. The van der Waals surface area contributed by atoms with E-state index < -0.39 is 0 Å². The van der Waals surface area contributed by atoms with Crippen molar-refractivity contribution in [3.05, 3.63) is 11.6 Å². The van der Waals surface area contributed by atoms with Crippen molar-refractivity contribution in [1.82, 2.24) is 4.90 Å². The lowest BCUT2D eigenvalue weighted by Gasteiger charge is -2.46. The van der Waals surface area contributed by atoms with Gasteiger partial charge in [0.15, 0.2) is 0 Å². The Labute approximate surface area is 144 Å². The smallest absolute Gasteiger partial charge is 0.311 e. The molecular formula is C19H29NO2S. The summed E-state index contributed by atoms with van der Waals surface area (Å²) in [5.41, 5.74) is 1.90. The first-order chi connectivity index (χ1) is 11.1. The topological polar surface area (TPSA) is 29.5 Å². The Morgan fingerprint density at radius 2 is 2.17 bits per heavy atom. The van der Waals surface area contributed by atoms with Gasteiger partial charge in [-0.3, -0.25) is 4.79 Å². The van der Waals surface area contributed by atoms with Crippen LogP contribution in [0.3, 0.4) is 0 Å². The summed E-state index contributed by atoms with van der Waals surface area (Å²) < 4.78 is 5.85. The van der Waals surface area contributed by atoms with Crippen LogP contribution in [-0.2, 0) is 9.53 Å². The number of carbonyl (C=O) groups excluding carboxylic acids is 1. The zero-order valence-electron chi connectivity index (χ0n) is 14.4. The van der Waals surface area contributed by atoms with Gasteiger partial charge in [-0.1, -0.05) is 31.9 Å². The van der Waals surface area contributed by atoms with Gasteiger partial charge < -0.3 is 9.64 Å². The Kier molecular flexibility index (Phi) is 4.25. The molecule has 0 amide bonds. The predicted molar refractivity (Wildman–Crippen MR) is 94.4 cm³/mol. The highest BCUT2D eigenvalue weighted by Gasteiger charge is 2.51. The van der Waals surface area contributed by atoms with Gasteiger partial charge in [-0.25, -0.2) is 0 Å². The van der Waals surface area contributed by atoms with Gasteiger partial charge in [0.2, 0.25) is 0 Å². The van der Waals surface area contributed by atoms with Gasteiger partial charge in [-0.05, 0) is 30.6 Å². The summed E-state index contributed by atoms with van der Waals surface area (Å²) >= 11 is 2.02. The minimum atomic E-state index is 0.0602. The molecular weight excluding hydrogens is 306 g/mol. The monoisotopic (exact) mass is 335 g/mol. The molecule has 1 unspecified atom stereocenters. The van der Waals surface area contributed by atoms with Crippen molar-refractivity contribution in [3.8, 4) is 0 Å². The number of hydrogen-bond acceptors (Lipinski definition) is 4. The summed E-state index contributed by atoms with van der Waals surface area (Å²) in [7, 11) is 0. The molecule has 4 rings (SSSR count). The van der Waals surface area contributed by atoms with Crippen molar-refractivity contribution in [3.63, 3.8) is 0 Å². The van der Waals surface area contributed by atoms with Gasteiger partial charge in [0.05, 0.1) is 5.92 Å². The Hall–Kier alpha value is -0.480. The summed E-state index contributed by atoms with van der Waals surface area (Å²) in [5.74, 6) is 3.52. The molecule has 4 heteroatoms. The molecule has 2 aliphatic carbocycles. The molecule has 3 fully saturated rings. The van der Waals surface area contributed by atoms with Gasteiger partial charge in [0.25, 0.3) is 0 Å². The predicted octanol–water partition coefficient (Wildman–Crippen LogP) is 3.35. The third kappa shape index (κ3) is 2.86. The second-order valence-electron chi connectivity index (χ2n) is 8.25. The van der Waals surface area contributed by atoms with E-state index in [-0.39, 0.29) is 23.4 Å². The van der Waals surface area contributed by atoms with Crippen LogP contribution in [0.2, 0.25) is 0 Å². The van der Waals surface area contributed by atoms with E-state index in [1.807, 2.05) is 11.8 Å². The summed E-state index contributed by atoms with van der Waals surface area (Å²) in [6.45, 7) is 7.91. The fourth-order valence-electron chi connectivity index (χ4n) is 5.32. The van der Waals surface area contributed by atoms with E-state index in [0.717, 1.165) is 26.1 Å². The quantitative estimate of drug-likeness (QED) is 0.572. The molecule has 0 spiro atoms. The molecule has 0 aromatic rings. The lowest BCUT2D eigenvalue weighted by Crippen LogP contribution is -2.42. The number of ether oxygens (including phenoxy) is 1. The molecule has 2 saturated heterocycles. The summed E-state index contributed by atoms with van der Waals surface area (Å²) in [4.78, 5) is 15.0. The molecule has 3 nitrogen and oxygen atoms in total. The largest absolute Gasteiger partial charge is 0.461 e. The number of carbonyl (C=O) groups is 1. The average molecular weight is 336 g/mol. The number of nitrogens with zero attached hydrogens (tertiary/aromatic N) is 1. The second-order valence-corrected chi connectivity index (χ2v) is 9.48. The molecule has 2 heterocycles. The van der Waals surface area contributed by atoms with E-state index in [0.29, 0.717) is 11.8 Å². The lowest BCUT2D eigenvalue weighted by atomic mass is 9.59. The van der Waals surface area contributed by atoms with Crippen LogP contribution in [-0.4, -0.2) is 48.1 Å². The van der Waals surface area contributed by atoms with Crippen molar-refractivity contribution in [2.24, 2.45) is 23.2 Å². The highest BCUT2D eigenvalue weighted by atomic mass is 32.2. The Bertz CT molecular complexity index is 513. The number of fused-ring (bicyclic) bond motifs is 2. The number of allylic oxidation sites excluding steroid dienone is 1. The number of rotatable bonds is 2. The Balaban J connectivity index is 1.56. The van der Waals surface area contributed by atoms with Gasteiger partial charge in [0.1, 0.15) is 6.10 Å². The van der Waals surface area contributed by atoms with Crippen molar-refractivity contribution in [2.75, 3.05) is 31.1 Å². The number of hydrogen-bond donors (Lipinski definition) is 0. The fraction of sp³-hybridized carbons (Fsp3) is 0.842. The highest BCUT2D eigenvalue weighted by Crippen LogP contribution is 2.53. The maximum Gasteiger partial charge on any atom is 0.311 e. The zero-order chi connectivity index (χ0) is 16.0. The van der Waals surface area contributed by atoms with Gasteiger partial charge in [0, 0.05) is 37.1 Å². The van der Waals surface area contributed by atoms with Crippen LogP contribution in [0.25, 0.3) is 0 Å². The van der Waals surface area contributed by atoms with Crippen LogP contribution in [0.5, 0.6) is 0 Å². The molecule has 4 aliphatic rings. The molecule has 2 aliphatic heterocycles. The first kappa shape index (κ1) is 16.0. The molecule has 128 valence electrons. The van der Waals surface area contributed by atoms with E-state index in [9.17, 15) is 4.79 Å². The maximum absolute atomic E-state index is 12.5. The standard InChI is InChI=1S/C19H29NO2S/c1-13-4-3-5-19(2)11-17-14(10-16(13)19)15(18(21)22-17)12-20-6-8-23-9-7-20/h10,13-15,17H,3-9,11-12H2,1-2H3/t13-,14+,15?,17+,19+/m0/s1. The molecule has 0 N–H and O–H groups in total. The number of esters is 1. The lowest BCUT2D eigenvalue weighted by molar-refractivity contribution is -0.145. The average Bonchev–Trinajstić information content (AvgIpc) is 2.81. The van der Waals surface area contributed by atoms with Gasteiger partial charge >= 0.3 is 5.97 Å². The second kappa shape index (κ2) is 6.11. The van der Waals surface area contributed by atoms with E-state index in [1.54, 1.807) is 5.57 Å². The minimum absolute atomic E-state index is 0.0602. The molecule has 0 aromatic carbocycles. The molecule has 0 bridgehead atoms. The third-order valence-corrected chi connectivity index (χ3v) is 7.58. The van der Waals surface area contributed by atoms with Crippen LogP contribution in [0.1, 0.15) is 39.5 Å². The first-order valence-corrected chi connectivity index (χ1v) is 10.4. The van der Waals surface area contributed by atoms with E-state index in [4.69, 9.17) is 4.74 Å². The Morgan fingerprint density at radius 1 is 1.39 bits per heavy atom. The van der Waals surface area contributed by atoms with Crippen LogP contribution in [0, 0.1) is 23.2 Å². The zero-order valence-corrected chi connectivity index (χ0v) is 15.2. The van der Waals surface area contributed by atoms with Crippen LogP contribution < -0.4 is 0 Å². The molecule has 0 radical (unpaired) electrons. The summed E-state index contributed by atoms with van der Waals surface area (Å²) in [6, 6.07) is 0. The van der Waals surface area contributed by atoms with Gasteiger partial charge in [-0.15, -0.1) is 0 Å². The first-order valence-electron chi connectivity index (χ1n) is 9.30. The molecule has 0 aromatic heterocycles. The van der Waals surface area contributed by atoms with Gasteiger partial charge in [-0.2, -0.15) is 11.8 Å². The fourth-order valence-corrected chi connectivity index (χ4v) is 6.30. The minimum Gasteiger partial charge on any atom is -0.461 e. The van der Waals surface area contributed by atoms with Crippen LogP contribution in [0.4, 0.5) is 0 Å². The molecule has 5 atom stereocenters. The van der Waals surface area contributed by atoms with Crippen molar-refractivity contribution >= 4 is 17.7 Å². The van der Waals surface area contributed by atoms with E-state index >= 15 is 0 Å². The Morgan fingerprint density at radius 3 is 2.96 bits per heavy atom. The normalized spacial score (nSPS) is 44.3. The van der Waals surface area contributed by atoms with Crippen molar-refractivity contribution < 1.29 is 9.53 Å². The summed E-state index contributed by atoms with van der Waals surface area (Å²) in [5, 5.41) is 0. The number of thioether (sulfide) groups is 1. The summed E-state index contributed by atoms with van der Waals surface area (Å²) in [6.07, 6.45) is 7.54. The van der Waals surface area contributed by atoms with Crippen molar-refractivity contribution in [1.29, 1.82) is 0 Å². The highest BCUT2D eigenvalue weighted by molar-refractivity contribution is 7.99. The van der Waals surface area contributed by atoms with E-state index in [1.165, 1.54) is 30.8 Å². The van der Waals surface area contributed by atoms with E-state index in [2.05, 4.69) is 24.8 Å². The third-order valence-electron chi connectivity index (χ3n) is 6.64.